The molecule has 0 aliphatic carbocycles. The number of aromatic nitrogens is 2. The van der Waals surface area contributed by atoms with E-state index in [-0.39, 0.29) is 0 Å². The number of anilines is 1. The Morgan fingerprint density at radius 3 is 2.86 bits per heavy atom. The van der Waals surface area contributed by atoms with Crippen molar-refractivity contribution in [2.24, 2.45) is 0 Å². The highest BCUT2D eigenvalue weighted by Crippen LogP contribution is 2.25. The smallest absolute Gasteiger partial charge is 0.203 e. The van der Waals surface area contributed by atoms with Crippen molar-refractivity contribution >= 4 is 5.95 Å². The number of nitrogens with zero attached hydrogens (tertiary/aromatic N) is 3. The topological polar surface area (TPSA) is 42.3 Å². The monoisotopic (exact) mass is 294 g/mol. The highest BCUT2D eigenvalue weighted by Gasteiger charge is 2.21. The van der Waals surface area contributed by atoms with Crippen molar-refractivity contribution < 1.29 is 4.74 Å². The van der Waals surface area contributed by atoms with Gasteiger partial charge in [-0.1, -0.05) is 6.92 Å². The summed E-state index contributed by atoms with van der Waals surface area (Å²) in [5, 5.41) is 3.44. The summed E-state index contributed by atoms with van der Waals surface area (Å²) in [4.78, 5) is 7.03. The normalized spacial score (nSPS) is 17.2. The van der Waals surface area contributed by atoms with E-state index in [2.05, 4.69) is 32.9 Å². The fourth-order valence-corrected chi connectivity index (χ4v) is 3.00. The van der Waals surface area contributed by atoms with E-state index in [9.17, 15) is 0 Å². The number of likely N-dealkylation sites (tertiary alicyclic amines) is 1. The lowest BCUT2D eigenvalue weighted by molar-refractivity contribution is 0.147. The summed E-state index contributed by atoms with van der Waals surface area (Å²) >= 11 is 0. The molecule has 1 N–H and O–H groups in total. The van der Waals surface area contributed by atoms with Crippen molar-refractivity contribution in [1.82, 2.24) is 14.5 Å². The minimum atomic E-state index is 0.593. The maximum Gasteiger partial charge on any atom is 0.203 e. The molecule has 5 heteroatoms. The quantitative estimate of drug-likeness (QED) is 0.711. The first-order valence-electron chi connectivity index (χ1n) is 8.42. The van der Waals surface area contributed by atoms with Crippen LogP contribution in [0.25, 0.3) is 0 Å². The predicted octanol–water partition coefficient (Wildman–Crippen LogP) is 2.77. The molecule has 1 aliphatic rings. The Kier molecular flexibility index (Phi) is 7.03. The Balaban J connectivity index is 1.77. The maximum atomic E-state index is 5.36. The van der Waals surface area contributed by atoms with Gasteiger partial charge in [-0.3, -0.25) is 0 Å². The van der Waals surface area contributed by atoms with E-state index in [1.807, 2.05) is 13.1 Å². The first-order chi connectivity index (χ1) is 10.3. The Labute approximate surface area is 128 Å². The third-order valence-corrected chi connectivity index (χ3v) is 4.11. The van der Waals surface area contributed by atoms with E-state index >= 15 is 0 Å². The van der Waals surface area contributed by atoms with Crippen LogP contribution in [0, 0.1) is 0 Å². The fourth-order valence-electron chi connectivity index (χ4n) is 3.00. The summed E-state index contributed by atoms with van der Waals surface area (Å²) < 4.78 is 7.68. The lowest BCUT2D eigenvalue weighted by Gasteiger charge is -2.33. The van der Waals surface area contributed by atoms with Crippen molar-refractivity contribution in [3.63, 3.8) is 0 Å². The lowest BCUT2D eigenvalue weighted by atomic mass is 10.0. The van der Waals surface area contributed by atoms with Gasteiger partial charge in [-0.25, -0.2) is 4.98 Å². The SMILES string of the molecule is CCCN1CCC(n2ccnc2NCCCOCC)CC1. The predicted molar refractivity (Wildman–Crippen MR) is 86.8 cm³/mol. The number of hydrogen-bond donors (Lipinski definition) is 1. The number of ether oxygens (including phenoxy) is 1. The van der Waals surface area contributed by atoms with Crippen LogP contribution >= 0.6 is 0 Å². The van der Waals surface area contributed by atoms with Gasteiger partial charge in [-0.15, -0.1) is 0 Å². The van der Waals surface area contributed by atoms with Gasteiger partial charge < -0.3 is 19.5 Å². The molecule has 2 heterocycles. The van der Waals surface area contributed by atoms with E-state index < -0.39 is 0 Å². The molecule has 0 atom stereocenters. The Morgan fingerprint density at radius 1 is 1.33 bits per heavy atom. The zero-order valence-electron chi connectivity index (χ0n) is 13.6. The second kappa shape index (κ2) is 9.05. The minimum absolute atomic E-state index is 0.593. The van der Waals surface area contributed by atoms with Gasteiger partial charge in [0.05, 0.1) is 0 Å². The van der Waals surface area contributed by atoms with E-state index in [1.54, 1.807) is 0 Å². The molecule has 0 amide bonds. The molecular formula is C16H30N4O. The number of piperidine rings is 1. The summed E-state index contributed by atoms with van der Waals surface area (Å²) in [5.74, 6) is 1.01. The van der Waals surface area contributed by atoms with Crippen LogP contribution in [0.3, 0.4) is 0 Å². The summed E-state index contributed by atoms with van der Waals surface area (Å²) in [6.07, 6.45) is 8.75. The second-order valence-corrected chi connectivity index (χ2v) is 5.71. The third kappa shape index (κ3) is 5.00. The van der Waals surface area contributed by atoms with Crippen LogP contribution in [0.15, 0.2) is 12.4 Å². The first kappa shape index (κ1) is 16.3. The van der Waals surface area contributed by atoms with Gasteiger partial charge in [0.2, 0.25) is 5.95 Å². The van der Waals surface area contributed by atoms with Gasteiger partial charge in [0.25, 0.3) is 0 Å². The average molecular weight is 294 g/mol. The summed E-state index contributed by atoms with van der Waals surface area (Å²) in [5.41, 5.74) is 0. The molecule has 1 aliphatic heterocycles. The maximum absolute atomic E-state index is 5.36. The van der Waals surface area contributed by atoms with Gasteiger partial charge in [0, 0.05) is 51.3 Å². The highest BCUT2D eigenvalue weighted by molar-refractivity contribution is 5.26. The molecule has 0 radical (unpaired) electrons. The molecule has 0 bridgehead atoms. The van der Waals surface area contributed by atoms with E-state index in [4.69, 9.17) is 4.74 Å². The first-order valence-corrected chi connectivity index (χ1v) is 8.42. The van der Waals surface area contributed by atoms with Crippen LogP contribution in [0.4, 0.5) is 5.95 Å². The van der Waals surface area contributed by atoms with Crippen molar-refractivity contribution in [3.05, 3.63) is 12.4 Å². The van der Waals surface area contributed by atoms with Crippen LogP contribution in [0.2, 0.25) is 0 Å². The third-order valence-electron chi connectivity index (χ3n) is 4.11. The highest BCUT2D eigenvalue weighted by atomic mass is 16.5. The lowest BCUT2D eigenvalue weighted by Crippen LogP contribution is -2.35. The summed E-state index contributed by atoms with van der Waals surface area (Å²) in [6.45, 7) is 10.5. The van der Waals surface area contributed by atoms with Gasteiger partial charge in [0.1, 0.15) is 0 Å². The molecule has 1 aromatic heterocycles. The van der Waals surface area contributed by atoms with Crippen LogP contribution in [0.1, 0.15) is 45.6 Å². The number of rotatable bonds is 9. The zero-order chi connectivity index (χ0) is 14.9. The zero-order valence-corrected chi connectivity index (χ0v) is 13.6. The van der Waals surface area contributed by atoms with Gasteiger partial charge in [-0.05, 0) is 39.2 Å². The molecule has 2 rings (SSSR count). The van der Waals surface area contributed by atoms with Gasteiger partial charge >= 0.3 is 0 Å². The number of imidazole rings is 1. The molecule has 1 saturated heterocycles. The molecule has 0 saturated carbocycles. The molecule has 1 aromatic rings. The van der Waals surface area contributed by atoms with Crippen LogP contribution in [-0.4, -0.2) is 53.8 Å². The number of hydrogen-bond acceptors (Lipinski definition) is 4. The van der Waals surface area contributed by atoms with Crippen LogP contribution in [0.5, 0.6) is 0 Å². The Bertz CT molecular complexity index is 385. The van der Waals surface area contributed by atoms with Crippen LogP contribution in [-0.2, 0) is 4.74 Å². The largest absolute Gasteiger partial charge is 0.382 e. The molecule has 0 unspecified atom stereocenters. The van der Waals surface area contributed by atoms with E-state index in [0.717, 1.165) is 32.1 Å². The molecule has 0 aromatic carbocycles. The molecule has 1 fully saturated rings. The molecule has 0 spiro atoms. The second-order valence-electron chi connectivity index (χ2n) is 5.71. The summed E-state index contributed by atoms with van der Waals surface area (Å²) in [6, 6.07) is 0.593. The van der Waals surface area contributed by atoms with Crippen molar-refractivity contribution in [2.75, 3.05) is 44.7 Å². The number of nitrogens with one attached hydrogen (secondary N) is 1. The van der Waals surface area contributed by atoms with Crippen LogP contribution < -0.4 is 5.32 Å². The molecule has 120 valence electrons. The van der Waals surface area contributed by atoms with Gasteiger partial charge in [0.15, 0.2) is 0 Å². The molecular weight excluding hydrogens is 264 g/mol. The van der Waals surface area contributed by atoms with Gasteiger partial charge in [-0.2, -0.15) is 0 Å². The van der Waals surface area contributed by atoms with E-state index in [0.29, 0.717) is 6.04 Å². The van der Waals surface area contributed by atoms with Crippen molar-refractivity contribution in [2.45, 2.75) is 45.6 Å². The average Bonchev–Trinajstić information content (AvgIpc) is 2.97. The van der Waals surface area contributed by atoms with Crippen molar-refractivity contribution in [3.8, 4) is 0 Å². The Morgan fingerprint density at radius 2 is 2.14 bits per heavy atom. The standard InChI is InChI=1S/C16H30N4O/c1-3-10-19-11-6-15(7-12-19)20-13-9-18-16(20)17-8-5-14-21-4-2/h9,13,15H,3-8,10-12,14H2,1-2H3,(H,17,18). The van der Waals surface area contributed by atoms with E-state index in [1.165, 1.54) is 38.9 Å². The van der Waals surface area contributed by atoms with Crippen molar-refractivity contribution in [1.29, 1.82) is 0 Å². The Hall–Kier alpha value is -1.07. The summed E-state index contributed by atoms with van der Waals surface area (Å²) in [7, 11) is 0. The molecule has 21 heavy (non-hydrogen) atoms. The minimum Gasteiger partial charge on any atom is -0.382 e. The molecule has 5 nitrogen and oxygen atoms in total. The fraction of sp³-hybridized carbons (Fsp3) is 0.812.